The number of thiophene rings is 1. The Morgan fingerprint density at radius 3 is 2.72 bits per heavy atom. The smallest absolute Gasteiger partial charge is 0.253 e. The summed E-state index contributed by atoms with van der Waals surface area (Å²) < 4.78 is 0. The van der Waals surface area contributed by atoms with Crippen LogP contribution in [0.5, 0.6) is 0 Å². The number of hydrogen-bond donors (Lipinski definition) is 0. The number of hydrogen-bond acceptors (Lipinski definition) is 3. The Kier molecular flexibility index (Phi) is 6.73. The predicted molar refractivity (Wildman–Crippen MR) is 136 cm³/mol. The van der Waals surface area contributed by atoms with Crippen LogP contribution in [0.4, 0.5) is 0 Å². The number of pyridine rings is 1. The van der Waals surface area contributed by atoms with Crippen LogP contribution in [0.15, 0.2) is 48.0 Å². The van der Waals surface area contributed by atoms with Crippen molar-refractivity contribution in [1.82, 2.24) is 9.88 Å². The molecule has 1 atom stereocenters. The molecule has 0 radical (unpaired) electrons. The lowest BCUT2D eigenvalue weighted by Gasteiger charge is -2.32. The number of halogens is 1. The summed E-state index contributed by atoms with van der Waals surface area (Å²) in [5.41, 5.74) is 4.96. The summed E-state index contributed by atoms with van der Waals surface area (Å²) in [4.78, 5) is 20.7. The van der Waals surface area contributed by atoms with E-state index in [1.165, 1.54) is 16.9 Å². The van der Waals surface area contributed by atoms with Crippen LogP contribution in [0.3, 0.4) is 0 Å². The average molecular weight is 467 g/mol. The van der Waals surface area contributed by atoms with Crippen molar-refractivity contribution in [3.8, 4) is 21.6 Å². The van der Waals surface area contributed by atoms with E-state index in [9.17, 15) is 4.79 Å². The van der Waals surface area contributed by atoms with Gasteiger partial charge in [-0.05, 0) is 65.6 Å². The van der Waals surface area contributed by atoms with Crippen LogP contribution >= 0.6 is 22.9 Å². The standard InChI is InChI=1S/C27H31ClN2OS/c1-5-18-7-6-12-30(16-18)26(31)20-8-9-22(23(28)13-20)21-14-24(32-17-21)19-10-11-29-25(15-19)27(2,3)4/h8-11,13-15,17-18H,5-7,12,16H2,1-4H3. The van der Waals surface area contributed by atoms with Crippen LogP contribution in [-0.4, -0.2) is 28.9 Å². The minimum atomic E-state index is 0.00722. The molecule has 0 spiro atoms. The van der Waals surface area contributed by atoms with Gasteiger partial charge in [0, 0.05) is 51.4 Å². The molecule has 5 heteroatoms. The van der Waals surface area contributed by atoms with Gasteiger partial charge in [-0.1, -0.05) is 51.8 Å². The molecule has 3 aromatic rings. The van der Waals surface area contributed by atoms with Crippen molar-refractivity contribution < 1.29 is 4.79 Å². The fourth-order valence-electron chi connectivity index (χ4n) is 4.27. The summed E-state index contributed by atoms with van der Waals surface area (Å²) in [7, 11) is 0. The zero-order valence-corrected chi connectivity index (χ0v) is 20.9. The number of aromatic nitrogens is 1. The van der Waals surface area contributed by atoms with Crippen molar-refractivity contribution in [2.75, 3.05) is 13.1 Å². The second-order valence-corrected chi connectivity index (χ2v) is 11.1. The molecule has 1 amide bonds. The third kappa shape index (κ3) is 4.92. The summed E-state index contributed by atoms with van der Waals surface area (Å²) in [6.07, 6.45) is 5.31. The molecular formula is C27H31ClN2OS. The molecule has 0 N–H and O–H groups in total. The molecule has 1 unspecified atom stereocenters. The molecule has 3 heterocycles. The molecule has 1 aromatic carbocycles. The Morgan fingerprint density at radius 2 is 2.00 bits per heavy atom. The second kappa shape index (κ2) is 9.36. The van der Waals surface area contributed by atoms with Crippen molar-refractivity contribution in [2.24, 2.45) is 5.92 Å². The van der Waals surface area contributed by atoms with Gasteiger partial charge in [0.1, 0.15) is 0 Å². The average Bonchev–Trinajstić information content (AvgIpc) is 3.28. The van der Waals surface area contributed by atoms with Gasteiger partial charge in [0.25, 0.3) is 5.91 Å². The van der Waals surface area contributed by atoms with Crippen LogP contribution in [0.25, 0.3) is 21.6 Å². The molecule has 1 saturated heterocycles. The van der Waals surface area contributed by atoms with Gasteiger partial charge in [-0.15, -0.1) is 11.3 Å². The highest BCUT2D eigenvalue weighted by molar-refractivity contribution is 7.14. The van der Waals surface area contributed by atoms with Crippen LogP contribution in [0.2, 0.25) is 5.02 Å². The Morgan fingerprint density at radius 1 is 1.19 bits per heavy atom. The van der Waals surface area contributed by atoms with Gasteiger partial charge < -0.3 is 4.90 Å². The molecule has 2 aromatic heterocycles. The highest BCUT2D eigenvalue weighted by Crippen LogP contribution is 2.37. The summed E-state index contributed by atoms with van der Waals surface area (Å²) in [6, 6.07) is 12.1. The molecule has 32 heavy (non-hydrogen) atoms. The quantitative estimate of drug-likeness (QED) is 0.394. The van der Waals surface area contributed by atoms with Crippen LogP contribution in [-0.2, 0) is 5.41 Å². The van der Waals surface area contributed by atoms with E-state index in [4.69, 9.17) is 11.6 Å². The SMILES string of the molecule is CCC1CCCN(C(=O)c2ccc(-c3csc(-c4ccnc(C(C)(C)C)c4)c3)c(Cl)c2)C1. The third-order valence-corrected chi connectivity index (χ3v) is 7.61. The second-order valence-electron chi connectivity index (χ2n) is 9.74. The Hall–Kier alpha value is -2.17. The van der Waals surface area contributed by atoms with Crippen LogP contribution in [0, 0.1) is 5.92 Å². The zero-order chi connectivity index (χ0) is 22.9. The van der Waals surface area contributed by atoms with E-state index in [-0.39, 0.29) is 11.3 Å². The molecule has 3 nitrogen and oxygen atoms in total. The van der Waals surface area contributed by atoms with E-state index in [0.717, 1.165) is 42.8 Å². The molecule has 1 aliphatic rings. The minimum Gasteiger partial charge on any atom is -0.338 e. The molecule has 4 rings (SSSR count). The fraction of sp³-hybridized carbons (Fsp3) is 0.407. The number of nitrogens with zero attached hydrogens (tertiary/aromatic N) is 2. The largest absolute Gasteiger partial charge is 0.338 e. The summed E-state index contributed by atoms with van der Waals surface area (Å²) in [6.45, 7) is 10.4. The monoisotopic (exact) mass is 466 g/mol. The van der Waals surface area contributed by atoms with Gasteiger partial charge in [-0.2, -0.15) is 0 Å². The molecule has 1 aliphatic heterocycles. The fourth-order valence-corrected chi connectivity index (χ4v) is 5.47. The Balaban J connectivity index is 1.56. The number of carbonyl (C=O) groups excluding carboxylic acids is 1. The van der Waals surface area contributed by atoms with Gasteiger partial charge in [-0.25, -0.2) is 0 Å². The lowest BCUT2D eigenvalue weighted by atomic mass is 9.90. The maximum atomic E-state index is 13.0. The molecular weight excluding hydrogens is 436 g/mol. The molecule has 0 saturated carbocycles. The Labute approximate surface area is 200 Å². The molecule has 0 bridgehead atoms. The highest BCUT2D eigenvalue weighted by Gasteiger charge is 2.24. The van der Waals surface area contributed by atoms with Gasteiger partial charge in [0.15, 0.2) is 0 Å². The summed E-state index contributed by atoms with van der Waals surface area (Å²) in [5.74, 6) is 0.702. The van der Waals surface area contributed by atoms with Gasteiger partial charge in [0.05, 0.1) is 0 Å². The van der Waals surface area contributed by atoms with Crippen LogP contribution in [0.1, 0.15) is 63.0 Å². The topological polar surface area (TPSA) is 33.2 Å². The maximum Gasteiger partial charge on any atom is 0.253 e. The Bertz CT molecular complexity index is 1110. The first-order valence-electron chi connectivity index (χ1n) is 11.4. The van der Waals surface area contributed by atoms with Gasteiger partial charge in [-0.3, -0.25) is 9.78 Å². The first kappa shape index (κ1) is 23.0. The minimum absolute atomic E-state index is 0.00722. The van der Waals surface area contributed by atoms with Gasteiger partial charge >= 0.3 is 0 Å². The molecule has 1 fully saturated rings. The van der Waals surface area contributed by atoms with Crippen LogP contribution < -0.4 is 0 Å². The van der Waals surface area contributed by atoms with E-state index < -0.39 is 0 Å². The van der Waals surface area contributed by atoms with E-state index in [1.807, 2.05) is 29.3 Å². The van der Waals surface area contributed by atoms with Crippen molar-refractivity contribution in [3.63, 3.8) is 0 Å². The third-order valence-electron chi connectivity index (χ3n) is 6.32. The van der Waals surface area contributed by atoms with Crippen molar-refractivity contribution in [1.29, 1.82) is 0 Å². The number of carbonyl (C=O) groups is 1. The first-order valence-corrected chi connectivity index (χ1v) is 12.7. The normalized spacial score (nSPS) is 16.9. The number of likely N-dealkylation sites (tertiary alicyclic amines) is 1. The van der Waals surface area contributed by atoms with Crippen molar-refractivity contribution in [2.45, 2.75) is 52.4 Å². The lowest BCUT2D eigenvalue weighted by molar-refractivity contribution is 0.0671. The van der Waals surface area contributed by atoms with Crippen molar-refractivity contribution >= 4 is 28.8 Å². The van der Waals surface area contributed by atoms with E-state index in [2.05, 4.69) is 56.3 Å². The molecule has 168 valence electrons. The van der Waals surface area contributed by atoms with E-state index in [0.29, 0.717) is 16.5 Å². The number of piperidine rings is 1. The zero-order valence-electron chi connectivity index (χ0n) is 19.3. The number of benzene rings is 1. The number of amides is 1. The predicted octanol–water partition coefficient (Wildman–Crippen LogP) is 7.69. The molecule has 0 aliphatic carbocycles. The summed E-state index contributed by atoms with van der Waals surface area (Å²) >= 11 is 8.37. The van der Waals surface area contributed by atoms with E-state index >= 15 is 0 Å². The lowest BCUT2D eigenvalue weighted by Crippen LogP contribution is -2.39. The highest BCUT2D eigenvalue weighted by atomic mass is 35.5. The first-order chi connectivity index (χ1) is 15.3. The maximum absolute atomic E-state index is 13.0. The van der Waals surface area contributed by atoms with Gasteiger partial charge in [0.2, 0.25) is 0 Å². The van der Waals surface area contributed by atoms with Crippen molar-refractivity contribution in [3.05, 3.63) is 64.3 Å². The van der Waals surface area contributed by atoms with E-state index in [1.54, 1.807) is 11.3 Å². The summed E-state index contributed by atoms with van der Waals surface area (Å²) in [5, 5.41) is 2.75. The number of rotatable bonds is 4.